The number of nitrogens with zero attached hydrogens (tertiary/aromatic N) is 1. The number of nitrogens with one attached hydrogen (secondary N) is 1. The SMILES string of the molecule is CCNCC(=Cc1ccc2c(c1)CCCN2C)CC. The topological polar surface area (TPSA) is 15.3 Å². The van der Waals surface area contributed by atoms with Gasteiger partial charge in [-0.1, -0.05) is 31.6 Å². The van der Waals surface area contributed by atoms with E-state index in [-0.39, 0.29) is 0 Å². The summed E-state index contributed by atoms with van der Waals surface area (Å²) in [5.74, 6) is 0. The third-order valence-corrected chi connectivity index (χ3v) is 3.88. The summed E-state index contributed by atoms with van der Waals surface area (Å²) in [6.07, 6.45) is 5.95. The maximum absolute atomic E-state index is 3.41. The van der Waals surface area contributed by atoms with Crippen LogP contribution in [0.1, 0.15) is 37.8 Å². The van der Waals surface area contributed by atoms with Crippen LogP contribution in [0.4, 0.5) is 5.69 Å². The molecule has 2 rings (SSSR count). The highest BCUT2D eigenvalue weighted by atomic mass is 15.1. The fraction of sp³-hybridized carbons (Fsp3) is 0.529. The molecule has 0 spiro atoms. The summed E-state index contributed by atoms with van der Waals surface area (Å²) in [5.41, 5.74) is 5.74. The van der Waals surface area contributed by atoms with Crippen LogP contribution in [0.25, 0.3) is 6.08 Å². The second kappa shape index (κ2) is 6.76. The first-order chi connectivity index (χ1) is 9.24. The van der Waals surface area contributed by atoms with E-state index in [0.717, 1.165) is 19.5 Å². The van der Waals surface area contributed by atoms with E-state index in [2.05, 4.69) is 55.4 Å². The molecule has 2 heteroatoms. The minimum atomic E-state index is 1.00. The molecule has 0 amide bonds. The van der Waals surface area contributed by atoms with Gasteiger partial charge in [-0.2, -0.15) is 0 Å². The van der Waals surface area contributed by atoms with Crippen molar-refractivity contribution >= 4 is 11.8 Å². The average molecular weight is 258 g/mol. The third kappa shape index (κ3) is 3.60. The average Bonchev–Trinajstić information content (AvgIpc) is 2.43. The summed E-state index contributed by atoms with van der Waals surface area (Å²) < 4.78 is 0. The predicted octanol–water partition coefficient (Wildman–Crippen LogP) is 3.47. The Morgan fingerprint density at radius 3 is 2.95 bits per heavy atom. The van der Waals surface area contributed by atoms with Crippen molar-refractivity contribution in [3.63, 3.8) is 0 Å². The van der Waals surface area contributed by atoms with E-state index >= 15 is 0 Å². The van der Waals surface area contributed by atoms with Gasteiger partial charge in [0.15, 0.2) is 0 Å². The molecule has 0 bridgehead atoms. The number of aryl methyl sites for hydroxylation is 1. The van der Waals surface area contributed by atoms with Crippen molar-refractivity contribution in [3.05, 3.63) is 34.9 Å². The van der Waals surface area contributed by atoms with Crippen molar-refractivity contribution < 1.29 is 0 Å². The largest absolute Gasteiger partial charge is 0.374 e. The Bertz CT molecular complexity index is 449. The zero-order chi connectivity index (χ0) is 13.7. The Hall–Kier alpha value is -1.28. The summed E-state index contributed by atoms with van der Waals surface area (Å²) in [5, 5.41) is 3.41. The Morgan fingerprint density at radius 1 is 1.37 bits per heavy atom. The third-order valence-electron chi connectivity index (χ3n) is 3.88. The maximum atomic E-state index is 3.41. The molecule has 1 aliphatic heterocycles. The number of hydrogen-bond donors (Lipinski definition) is 1. The van der Waals surface area contributed by atoms with Crippen LogP contribution in [-0.4, -0.2) is 26.7 Å². The first kappa shape index (κ1) is 14.1. The molecule has 1 N–H and O–H groups in total. The van der Waals surface area contributed by atoms with E-state index in [1.807, 2.05) is 0 Å². The molecule has 1 heterocycles. The molecule has 0 atom stereocenters. The van der Waals surface area contributed by atoms with E-state index < -0.39 is 0 Å². The normalized spacial score (nSPS) is 15.5. The summed E-state index contributed by atoms with van der Waals surface area (Å²) in [6, 6.07) is 6.90. The van der Waals surface area contributed by atoms with Gasteiger partial charge in [-0.05, 0) is 49.1 Å². The summed E-state index contributed by atoms with van der Waals surface area (Å²) >= 11 is 0. The molecule has 104 valence electrons. The standard InChI is InChI=1S/C17H26N2/c1-4-14(13-18-5-2)11-15-8-9-17-16(12-15)7-6-10-19(17)3/h8-9,11-12,18H,4-7,10,13H2,1-3H3. The molecule has 0 radical (unpaired) electrons. The summed E-state index contributed by atoms with van der Waals surface area (Å²) in [7, 11) is 2.19. The highest BCUT2D eigenvalue weighted by Gasteiger charge is 2.13. The van der Waals surface area contributed by atoms with Crippen molar-refractivity contribution in [2.24, 2.45) is 0 Å². The molecular formula is C17H26N2. The Morgan fingerprint density at radius 2 is 2.21 bits per heavy atom. The summed E-state index contributed by atoms with van der Waals surface area (Å²) in [6.45, 7) is 7.61. The molecule has 1 aliphatic rings. The molecule has 19 heavy (non-hydrogen) atoms. The number of rotatable bonds is 5. The monoisotopic (exact) mass is 258 g/mol. The second-order valence-corrected chi connectivity index (χ2v) is 5.35. The zero-order valence-corrected chi connectivity index (χ0v) is 12.5. The Balaban J connectivity index is 2.19. The quantitative estimate of drug-likeness (QED) is 0.870. The van der Waals surface area contributed by atoms with Crippen LogP contribution in [0.5, 0.6) is 0 Å². The number of anilines is 1. The molecule has 2 nitrogen and oxygen atoms in total. The molecule has 1 aromatic carbocycles. The van der Waals surface area contributed by atoms with Gasteiger partial charge in [0.25, 0.3) is 0 Å². The van der Waals surface area contributed by atoms with Gasteiger partial charge in [-0.15, -0.1) is 0 Å². The first-order valence-electron chi connectivity index (χ1n) is 7.48. The van der Waals surface area contributed by atoms with Gasteiger partial charge < -0.3 is 10.2 Å². The van der Waals surface area contributed by atoms with E-state index in [1.54, 1.807) is 0 Å². The van der Waals surface area contributed by atoms with Crippen LogP contribution in [0, 0.1) is 0 Å². The molecule has 0 fully saturated rings. The zero-order valence-electron chi connectivity index (χ0n) is 12.5. The Labute approximate surface area is 117 Å². The number of hydrogen-bond acceptors (Lipinski definition) is 2. The van der Waals surface area contributed by atoms with Gasteiger partial charge in [0, 0.05) is 25.8 Å². The van der Waals surface area contributed by atoms with Gasteiger partial charge in [-0.3, -0.25) is 0 Å². The van der Waals surface area contributed by atoms with E-state index in [0.29, 0.717) is 0 Å². The highest BCUT2D eigenvalue weighted by molar-refractivity contribution is 5.63. The van der Waals surface area contributed by atoms with Crippen molar-refractivity contribution in [1.29, 1.82) is 0 Å². The predicted molar refractivity (Wildman–Crippen MR) is 84.8 cm³/mol. The van der Waals surface area contributed by atoms with E-state index in [1.165, 1.54) is 41.8 Å². The van der Waals surface area contributed by atoms with E-state index in [4.69, 9.17) is 0 Å². The molecule has 0 aromatic heterocycles. The van der Waals surface area contributed by atoms with Crippen LogP contribution in [0.15, 0.2) is 23.8 Å². The minimum absolute atomic E-state index is 1.00. The molecule has 1 aromatic rings. The lowest BCUT2D eigenvalue weighted by atomic mass is 9.98. The lowest BCUT2D eigenvalue weighted by Crippen LogP contribution is -2.24. The van der Waals surface area contributed by atoms with Gasteiger partial charge in [0.1, 0.15) is 0 Å². The smallest absolute Gasteiger partial charge is 0.0396 e. The maximum Gasteiger partial charge on any atom is 0.0396 e. The fourth-order valence-corrected chi connectivity index (χ4v) is 2.69. The van der Waals surface area contributed by atoms with E-state index in [9.17, 15) is 0 Å². The Kier molecular flexibility index (Phi) is 5.03. The number of fused-ring (bicyclic) bond motifs is 1. The van der Waals surface area contributed by atoms with Crippen LogP contribution in [0.3, 0.4) is 0 Å². The van der Waals surface area contributed by atoms with Crippen molar-refractivity contribution in [2.75, 3.05) is 31.6 Å². The van der Waals surface area contributed by atoms with Crippen molar-refractivity contribution in [2.45, 2.75) is 33.1 Å². The first-order valence-corrected chi connectivity index (χ1v) is 7.48. The summed E-state index contributed by atoms with van der Waals surface area (Å²) in [4.78, 5) is 2.37. The van der Waals surface area contributed by atoms with Crippen molar-refractivity contribution in [3.8, 4) is 0 Å². The second-order valence-electron chi connectivity index (χ2n) is 5.35. The molecule has 0 aliphatic carbocycles. The van der Waals surface area contributed by atoms with Crippen LogP contribution < -0.4 is 10.2 Å². The van der Waals surface area contributed by atoms with Crippen molar-refractivity contribution in [1.82, 2.24) is 5.32 Å². The van der Waals surface area contributed by atoms with Crippen LogP contribution in [0.2, 0.25) is 0 Å². The number of likely N-dealkylation sites (N-methyl/N-ethyl adjacent to an activating group) is 1. The fourth-order valence-electron chi connectivity index (χ4n) is 2.69. The minimum Gasteiger partial charge on any atom is -0.374 e. The molecule has 0 unspecified atom stereocenters. The lowest BCUT2D eigenvalue weighted by Gasteiger charge is -2.27. The molecular weight excluding hydrogens is 232 g/mol. The van der Waals surface area contributed by atoms with Gasteiger partial charge >= 0.3 is 0 Å². The highest BCUT2D eigenvalue weighted by Crippen LogP contribution is 2.27. The lowest BCUT2D eigenvalue weighted by molar-refractivity contribution is 0.744. The van der Waals surface area contributed by atoms with Gasteiger partial charge in [0.05, 0.1) is 0 Å². The van der Waals surface area contributed by atoms with Gasteiger partial charge in [0.2, 0.25) is 0 Å². The van der Waals surface area contributed by atoms with Crippen LogP contribution in [-0.2, 0) is 6.42 Å². The molecule has 0 saturated carbocycles. The number of benzene rings is 1. The molecule has 0 saturated heterocycles. The van der Waals surface area contributed by atoms with Crippen LogP contribution >= 0.6 is 0 Å². The van der Waals surface area contributed by atoms with Gasteiger partial charge in [-0.25, -0.2) is 0 Å².